The third kappa shape index (κ3) is 2.42. The van der Waals surface area contributed by atoms with E-state index in [1.165, 1.54) is 13.3 Å². The summed E-state index contributed by atoms with van der Waals surface area (Å²) in [6.07, 6.45) is 1.87. The van der Waals surface area contributed by atoms with Crippen LogP contribution in [0.15, 0.2) is 24.4 Å². The molecule has 0 aliphatic heterocycles. The molecule has 0 fully saturated rings. The van der Waals surface area contributed by atoms with Gasteiger partial charge in [0.25, 0.3) is 0 Å². The van der Waals surface area contributed by atoms with Crippen molar-refractivity contribution in [2.75, 3.05) is 7.11 Å². The Hall–Kier alpha value is -1.95. The highest BCUT2D eigenvalue weighted by atomic mass is 19.1. The van der Waals surface area contributed by atoms with Crippen molar-refractivity contribution in [3.63, 3.8) is 0 Å². The van der Waals surface area contributed by atoms with Gasteiger partial charge < -0.3 is 10.5 Å². The van der Waals surface area contributed by atoms with Crippen molar-refractivity contribution in [1.82, 2.24) is 15.4 Å². The van der Waals surface area contributed by atoms with Crippen LogP contribution in [0, 0.1) is 5.82 Å². The molecule has 1 heterocycles. The van der Waals surface area contributed by atoms with E-state index in [0.717, 1.165) is 0 Å². The van der Waals surface area contributed by atoms with E-state index in [1.54, 1.807) is 18.2 Å². The van der Waals surface area contributed by atoms with Gasteiger partial charge in [-0.15, -0.1) is 0 Å². The van der Waals surface area contributed by atoms with Gasteiger partial charge in [-0.1, -0.05) is 12.1 Å². The van der Waals surface area contributed by atoms with Crippen LogP contribution in [0.4, 0.5) is 4.39 Å². The van der Waals surface area contributed by atoms with Crippen LogP contribution in [0.1, 0.15) is 17.3 Å². The van der Waals surface area contributed by atoms with Gasteiger partial charge in [0.05, 0.1) is 25.0 Å². The maximum Gasteiger partial charge on any atom is 0.168 e. The van der Waals surface area contributed by atoms with E-state index in [1.807, 2.05) is 0 Å². The fourth-order valence-corrected chi connectivity index (χ4v) is 1.60. The molecule has 0 radical (unpaired) electrons. The first kappa shape index (κ1) is 11.5. The Bertz CT molecular complexity index is 486. The normalized spacial score (nSPS) is 12.4. The molecule has 90 valence electrons. The lowest BCUT2D eigenvalue weighted by molar-refractivity contribution is 0.383. The highest BCUT2D eigenvalue weighted by Crippen LogP contribution is 2.23. The van der Waals surface area contributed by atoms with Crippen molar-refractivity contribution in [3.05, 3.63) is 41.5 Å². The Morgan fingerprint density at radius 2 is 2.35 bits per heavy atom. The Labute approximate surface area is 97.8 Å². The zero-order chi connectivity index (χ0) is 12.3. The van der Waals surface area contributed by atoms with E-state index in [0.29, 0.717) is 17.7 Å². The summed E-state index contributed by atoms with van der Waals surface area (Å²) in [6, 6.07) is 4.58. The molecule has 0 aliphatic rings. The molecule has 2 aromatic rings. The Morgan fingerprint density at radius 1 is 1.53 bits per heavy atom. The highest BCUT2D eigenvalue weighted by Gasteiger charge is 2.14. The van der Waals surface area contributed by atoms with E-state index in [4.69, 9.17) is 10.5 Å². The number of nitrogens with two attached hydrogens (primary N) is 1. The summed E-state index contributed by atoms with van der Waals surface area (Å²) in [5, 5.41) is 10.0. The topological polar surface area (TPSA) is 76.8 Å². The zero-order valence-corrected chi connectivity index (χ0v) is 9.35. The second-order valence-electron chi connectivity index (χ2n) is 3.64. The maximum absolute atomic E-state index is 13.9. The number of benzene rings is 1. The summed E-state index contributed by atoms with van der Waals surface area (Å²) in [5.41, 5.74) is 7.01. The van der Waals surface area contributed by atoms with Crippen molar-refractivity contribution in [2.45, 2.75) is 12.5 Å². The number of hydrogen-bond donors (Lipinski definition) is 2. The average Bonchev–Trinajstić information content (AvgIpc) is 2.85. The largest absolute Gasteiger partial charge is 0.494 e. The van der Waals surface area contributed by atoms with Crippen LogP contribution in [0.3, 0.4) is 0 Å². The predicted molar refractivity (Wildman–Crippen MR) is 60.0 cm³/mol. The molecule has 0 aliphatic carbocycles. The number of nitrogens with one attached hydrogen (secondary N) is 1. The molecule has 0 amide bonds. The number of ether oxygens (including phenoxy) is 1. The number of hydrogen-bond acceptors (Lipinski definition) is 4. The van der Waals surface area contributed by atoms with Gasteiger partial charge >= 0.3 is 0 Å². The molecule has 0 bridgehead atoms. The minimum absolute atomic E-state index is 0.217. The van der Waals surface area contributed by atoms with E-state index >= 15 is 0 Å². The summed E-state index contributed by atoms with van der Waals surface area (Å²) in [7, 11) is 1.43. The second kappa shape index (κ2) is 4.92. The van der Waals surface area contributed by atoms with Crippen LogP contribution in [-0.4, -0.2) is 22.5 Å². The number of H-pyrrole nitrogens is 1. The van der Waals surface area contributed by atoms with Gasteiger partial charge in [-0.3, -0.25) is 0 Å². The van der Waals surface area contributed by atoms with Gasteiger partial charge in [0.1, 0.15) is 0 Å². The van der Waals surface area contributed by atoms with Gasteiger partial charge in [0.2, 0.25) is 0 Å². The molecular formula is C11H13FN4O. The molecule has 0 saturated carbocycles. The summed E-state index contributed by atoms with van der Waals surface area (Å²) >= 11 is 0. The van der Waals surface area contributed by atoms with Gasteiger partial charge in [-0.05, 0) is 18.1 Å². The summed E-state index contributed by atoms with van der Waals surface area (Å²) < 4.78 is 18.8. The number of methoxy groups -OCH3 is 1. The number of rotatable bonds is 4. The summed E-state index contributed by atoms with van der Waals surface area (Å²) in [4.78, 5) is 0. The van der Waals surface area contributed by atoms with Crippen LogP contribution < -0.4 is 10.5 Å². The molecule has 1 aromatic heterocycles. The van der Waals surface area contributed by atoms with Gasteiger partial charge in [-0.2, -0.15) is 15.4 Å². The van der Waals surface area contributed by atoms with Crippen molar-refractivity contribution >= 4 is 0 Å². The SMILES string of the molecule is COc1cccc(CC(N)c2cn[nH]n2)c1F. The quantitative estimate of drug-likeness (QED) is 0.836. The third-order valence-corrected chi connectivity index (χ3v) is 2.52. The molecule has 17 heavy (non-hydrogen) atoms. The standard InChI is InChI=1S/C11H13FN4O/c1-17-10-4-2-3-7(11(10)12)5-8(13)9-6-14-16-15-9/h2-4,6,8H,5,13H2,1H3,(H,14,15,16). The molecule has 6 heteroatoms. The molecule has 5 nitrogen and oxygen atoms in total. The predicted octanol–water partition coefficient (Wildman–Crippen LogP) is 1.19. The lowest BCUT2D eigenvalue weighted by Crippen LogP contribution is -2.14. The molecule has 3 N–H and O–H groups in total. The van der Waals surface area contributed by atoms with Crippen LogP contribution >= 0.6 is 0 Å². The number of aromatic amines is 1. The van der Waals surface area contributed by atoms with E-state index in [2.05, 4.69) is 15.4 Å². The summed E-state index contributed by atoms with van der Waals surface area (Å²) in [6.45, 7) is 0. The van der Waals surface area contributed by atoms with Crippen LogP contribution in [0.2, 0.25) is 0 Å². The molecule has 0 spiro atoms. The minimum Gasteiger partial charge on any atom is -0.494 e. The average molecular weight is 236 g/mol. The third-order valence-electron chi connectivity index (χ3n) is 2.52. The highest BCUT2D eigenvalue weighted by molar-refractivity contribution is 5.32. The molecule has 0 saturated heterocycles. The van der Waals surface area contributed by atoms with Crippen LogP contribution in [-0.2, 0) is 6.42 Å². The van der Waals surface area contributed by atoms with Crippen LogP contribution in [0.5, 0.6) is 5.75 Å². The zero-order valence-electron chi connectivity index (χ0n) is 9.35. The van der Waals surface area contributed by atoms with Crippen molar-refractivity contribution < 1.29 is 9.13 Å². The van der Waals surface area contributed by atoms with Gasteiger partial charge in [0, 0.05) is 0 Å². The lowest BCUT2D eigenvalue weighted by Gasteiger charge is -2.10. The Morgan fingerprint density at radius 3 is 3.00 bits per heavy atom. The minimum atomic E-state index is -0.393. The Kier molecular flexibility index (Phi) is 3.34. The second-order valence-corrected chi connectivity index (χ2v) is 3.64. The van der Waals surface area contributed by atoms with Crippen LogP contribution in [0.25, 0.3) is 0 Å². The van der Waals surface area contributed by atoms with Gasteiger partial charge in [-0.25, -0.2) is 4.39 Å². The molecular weight excluding hydrogens is 223 g/mol. The van der Waals surface area contributed by atoms with Crippen molar-refractivity contribution in [2.24, 2.45) is 5.73 Å². The molecule has 2 rings (SSSR count). The molecule has 1 unspecified atom stereocenters. The van der Waals surface area contributed by atoms with Crippen molar-refractivity contribution in [3.8, 4) is 5.75 Å². The monoisotopic (exact) mass is 236 g/mol. The number of nitrogens with zero attached hydrogens (tertiary/aromatic N) is 2. The number of aromatic nitrogens is 3. The summed E-state index contributed by atoms with van der Waals surface area (Å²) in [5.74, 6) is -0.163. The fraction of sp³-hybridized carbons (Fsp3) is 0.273. The lowest BCUT2D eigenvalue weighted by atomic mass is 10.0. The number of halogens is 1. The fourth-order valence-electron chi connectivity index (χ4n) is 1.60. The van der Waals surface area contributed by atoms with Crippen molar-refractivity contribution in [1.29, 1.82) is 0 Å². The first-order chi connectivity index (χ1) is 8.22. The molecule has 1 aromatic carbocycles. The first-order valence-electron chi connectivity index (χ1n) is 5.15. The van der Waals surface area contributed by atoms with E-state index < -0.39 is 6.04 Å². The Balaban J connectivity index is 2.19. The first-order valence-corrected chi connectivity index (χ1v) is 5.15. The van der Waals surface area contributed by atoms with E-state index in [-0.39, 0.29) is 11.6 Å². The smallest absolute Gasteiger partial charge is 0.168 e. The maximum atomic E-state index is 13.9. The molecule has 1 atom stereocenters. The van der Waals surface area contributed by atoms with Gasteiger partial charge in [0.15, 0.2) is 11.6 Å². The van der Waals surface area contributed by atoms with E-state index in [9.17, 15) is 4.39 Å².